The normalized spacial score (nSPS) is 14.7. The number of benzene rings is 2. The molecule has 0 atom stereocenters. The van der Waals surface area contributed by atoms with Gasteiger partial charge in [0.15, 0.2) is 0 Å². The van der Waals surface area contributed by atoms with Crippen LogP contribution in [0.2, 0.25) is 0 Å². The number of aryl methyl sites for hydroxylation is 1. The van der Waals surface area contributed by atoms with E-state index in [2.05, 4.69) is 15.5 Å². The van der Waals surface area contributed by atoms with Crippen molar-refractivity contribution < 1.29 is 18.0 Å². The van der Waals surface area contributed by atoms with Crippen molar-refractivity contribution in [3.63, 3.8) is 0 Å². The Morgan fingerprint density at radius 3 is 2.60 bits per heavy atom. The van der Waals surface area contributed by atoms with Crippen molar-refractivity contribution in [2.75, 3.05) is 18.0 Å². The van der Waals surface area contributed by atoms with Crippen LogP contribution in [0.4, 0.5) is 14.8 Å². The fraction of sp³-hybridized carbons (Fsp3) is 0.318. The van der Waals surface area contributed by atoms with Gasteiger partial charge in [0.1, 0.15) is 11.6 Å². The summed E-state index contributed by atoms with van der Waals surface area (Å²) in [5, 5.41) is 11.0. The van der Waals surface area contributed by atoms with Gasteiger partial charge in [-0.25, -0.2) is 8.78 Å². The van der Waals surface area contributed by atoms with Crippen molar-refractivity contribution in [3.8, 4) is 11.5 Å². The van der Waals surface area contributed by atoms with Crippen LogP contribution in [0.25, 0.3) is 11.5 Å². The predicted octanol–water partition coefficient (Wildman–Crippen LogP) is 3.86. The van der Waals surface area contributed by atoms with Gasteiger partial charge in [-0.3, -0.25) is 4.79 Å². The summed E-state index contributed by atoms with van der Waals surface area (Å²) >= 11 is 0. The summed E-state index contributed by atoms with van der Waals surface area (Å²) in [5.74, 6) is -0.964. The molecule has 0 unspecified atom stereocenters. The van der Waals surface area contributed by atoms with Gasteiger partial charge in [-0.2, -0.15) is 0 Å². The third-order valence-electron chi connectivity index (χ3n) is 5.31. The molecule has 2 aromatic carbocycles. The van der Waals surface area contributed by atoms with Gasteiger partial charge in [-0.15, -0.1) is 5.10 Å². The van der Waals surface area contributed by atoms with Gasteiger partial charge in [0, 0.05) is 36.7 Å². The number of carbonyl (C=O) groups excluding carboxylic acids is 1. The second-order valence-electron chi connectivity index (χ2n) is 7.47. The summed E-state index contributed by atoms with van der Waals surface area (Å²) in [4.78, 5) is 14.4. The molecule has 2 heterocycles. The van der Waals surface area contributed by atoms with Crippen LogP contribution in [0.3, 0.4) is 0 Å². The van der Waals surface area contributed by atoms with E-state index in [0.717, 1.165) is 29.3 Å². The molecule has 0 aliphatic carbocycles. The Balaban J connectivity index is 1.31. The standard InChI is InChI=1S/C22H22F2N4O2/c1-14-2-4-16(5-3-14)21-26-27-22(30-21)28-10-8-15(9-11-28)20(29)25-13-17-12-18(23)6-7-19(17)24/h2-7,12,15H,8-11,13H2,1H3,(H,25,29). The number of halogens is 2. The lowest BCUT2D eigenvalue weighted by molar-refractivity contribution is -0.125. The van der Waals surface area contributed by atoms with Gasteiger partial charge in [0.05, 0.1) is 0 Å². The topological polar surface area (TPSA) is 71.3 Å². The SMILES string of the molecule is Cc1ccc(-c2nnc(N3CCC(C(=O)NCc4cc(F)ccc4F)CC3)o2)cc1. The molecule has 30 heavy (non-hydrogen) atoms. The van der Waals surface area contributed by atoms with Crippen molar-refractivity contribution >= 4 is 11.9 Å². The van der Waals surface area contributed by atoms with Crippen molar-refractivity contribution in [3.05, 3.63) is 65.2 Å². The van der Waals surface area contributed by atoms with E-state index in [-0.39, 0.29) is 23.9 Å². The molecule has 1 amide bonds. The van der Waals surface area contributed by atoms with Crippen LogP contribution in [0.1, 0.15) is 24.0 Å². The molecule has 1 aromatic heterocycles. The molecule has 3 aromatic rings. The third-order valence-corrected chi connectivity index (χ3v) is 5.31. The Morgan fingerprint density at radius 1 is 1.13 bits per heavy atom. The summed E-state index contributed by atoms with van der Waals surface area (Å²) in [6, 6.07) is 11.5. The highest BCUT2D eigenvalue weighted by Gasteiger charge is 2.27. The molecule has 0 saturated carbocycles. The summed E-state index contributed by atoms with van der Waals surface area (Å²) in [7, 11) is 0. The van der Waals surface area contributed by atoms with Crippen LogP contribution < -0.4 is 10.2 Å². The summed E-state index contributed by atoms with van der Waals surface area (Å²) in [5.41, 5.74) is 2.15. The number of aromatic nitrogens is 2. The lowest BCUT2D eigenvalue weighted by Crippen LogP contribution is -2.40. The van der Waals surface area contributed by atoms with Crippen LogP contribution >= 0.6 is 0 Å². The van der Waals surface area contributed by atoms with Crippen LogP contribution in [-0.2, 0) is 11.3 Å². The van der Waals surface area contributed by atoms with Crippen molar-refractivity contribution in [1.29, 1.82) is 0 Å². The maximum atomic E-state index is 13.7. The molecule has 1 fully saturated rings. The predicted molar refractivity (Wildman–Crippen MR) is 108 cm³/mol. The van der Waals surface area contributed by atoms with E-state index in [4.69, 9.17) is 4.42 Å². The van der Waals surface area contributed by atoms with Gasteiger partial charge in [0.2, 0.25) is 11.8 Å². The van der Waals surface area contributed by atoms with Crippen LogP contribution in [-0.4, -0.2) is 29.2 Å². The molecule has 156 valence electrons. The maximum Gasteiger partial charge on any atom is 0.318 e. The minimum atomic E-state index is -0.535. The summed E-state index contributed by atoms with van der Waals surface area (Å²) in [6.45, 7) is 3.17. The number of piperidine rings is 1. The zero-order valence-electron chi connectivity index (χ0n) is 16.6. The van der Waals surface area contributed by atoms with E-state index in [9.17, 15) is 13.6 Å². The number of anilines is 1. The van der Waals surface area contributed by atoms with Gasteiger partial charge in [-0.1, -0.05) is 22.8 Å². The Morgan fingerprint density at radius 2 is 1.87 bits per heavy atom. The average molecular weight is 412 g/mol. The fourth-order valence-electron chi connectivity index (χ4n) is 3.49. The van der Waals surface area contributed by atoms with Crippen molar-refractivity contribution in [2.24, 2.45) is 5.92 Å². The molecule has 0 radical (unpaired) electrons. The number of carbonyl (C=O) groups is 1. The zero-order chi connectivity index (χ0) is 21.1. The molecular formula is C22H22F2N4O2. The lowest BCUT2D eigenvalue weighted by atomic mass is 9.96. The first-order valence-electron chi connectivity index (χ1n) is 9.87. The first kappa shape index (κ1) is 20.0. The van der Waals surface area contributed by atoms with Gasteiger partial charge in [0.25, 0.3) is 0 Å². The number of rotatable bonds is 5. The van der Waals surface area contributed by atoms with E-state index in [1.54, 1.807) is 0 Å². The number of amides is 1. The third kappa shape index (κ3) is 4.48. The number of nitrogens with zero attached hydrogens (tertiary/aromatic N) is 3. The highest BCUT2D eigenvalue weighted by atomic mass is 19.1. The van der Waals surface area contributed by atoms with Crippen molar-refractivity contribution in [2.45, 2.75) is 26.3 Å². The molecule has 8 heteroatoms. The van der Waals surface area contributed by atoms with E-state index in [0.29, 0.717) is 37.8 Å². The second-order valence-corrected chi connectivity index (χ2v) is 7.47. The molecule has 0 bridgehead atoms. The van der Waals surface area contributed by atoms with Gasteiger partial charge >= 0.3 is 6.01 Å². The molecule has 6 nitrogen and oxygen atoms in total. The number of hydrogen-bond donors (Lipinski definition) is 1. The molecule has 4 rings (SSSR count). The monoisotopic (exact) mass is 412 g/mol. The first-order chi connectivity index (χ1) is 14.5. The summed E-state index contributed by atoms with van der Waals surface area (Å²) < 4.78 is 32.8. The summed E-state index contributed by atoms with van der Waals surface area (Å²) in [6.07, 6.45) is 1.22. The molecule has 1 aliphatic rings. The first-order valence-corrected chi connectivity index (χ1v) is 9.87. The molecule has 1 N–H and O–H groups in total. The van der Waals surface area contributed by atoms with Crippen LogP contribution in [0, 0.1) is 24.5 Å². The highest BCUT2D eigenvalue weighted by Crippen LogP contribution is 2.26. The van der Waals surface area contributed by atoms with E-state index in [1.165, 1.54) is 0 Å². The smallest absolute Gasteiger partial charge is 0.318 e. The molecule has 0 spiro atoms. The number of hydrogen-bond acceptors (Lipinski definition) is 5. The van der Waals surface area contributed by atoms with E-state index in [1.807, 2.05) is 36.1 Å². The fourth-order valence-corrected chi connectivity index (χ4v) is 3.49. The minimum Gasteiger partial charge on any atom is -0.403 e. The Kier molecular flexibility index (Phi) is 5.74. The van der Waals surface area contributed by atoms with Crippen molar-refractivity contribution in [1.82, 2.24) is 15.5 Å². The van der Waals surface area contributed by atoms with Gasteiger partial charge < -0.3 is 14.6 Å². The largest absolute Gasteiger partial charge is 0.403 e. The molecule has 1 saturated heterocycles. The quantitative estimate of drug-likeness (QED) is 0.689. The van der Waals surface area contributed by atoms with E-state index >= 15 is 0 Å². The Hall–Kier alpha value is -3.29. The number of nitrogens with one attached hydrogen (secondary N) is 1. The Bertz CT molecular complexity index is 1030. The maximum absolute atomic E-state index is 13.7. The van der Waals surface area contributed by atoms with E-state index < -0.39 is 11.6 Å². The molecular weight excluding hydrogens is 390 g/mol. The average Bonchev–Trinajstić information content (AvgIpc) is 3.25. The molecule has 1 aliphatic heterocycles. The Labute approximate surface area is 172 Å². The minimum absolute atomic E-state index is 0.0355. The zero-order valence-corrected chi connectivity index (χ0v) is 16.6. The van der Waals surface area contributed by atoms with Crippen LogP contribution in [0.15, 0.2) is 46.9 Å². The lowest BCUT2D eigenvalue weighted by Gasteiger charge is -2.29. The van der Waals surface area contributed by atoms with Gasteiger partial charge in [-0.05, 0) is 50.1 Å². The van der Waals surface area contributed by atoms with Crippen LogP contribution in [0.5, 0.6) is 0 Å². The second kappa shape index (κ2) is 8.61. The highest BCUT2D eigenvalue weighted by molar-refractivity contribution is 5.79.